The summed E-state index contributed by atoms with van der Waals surface area (Å²) in [5.41, 5.74) is -0.106. The van der Waals surface area contributed by atoms with Crippen molar-refractivity contribution in [3.05, 3.63) is 67.8 Å². The molecule has 1 aliphatic heterocycles. The third-order valence-corrected chi connectivity index (χ3v) is 6.96. The lowest BCUT2D eigenvalue weighted by atomic mass is 9.76. The summed E-state index contributed by atoms with van der Waals surface area (Å²) in [5.74, 6) is -1.46. The van der Waals surface area contributed by atoms with E-state index in [2.05, 4.69) is 11.4 Å². The van der Waals surface area contributed by atoms with Crippen LogP contribution in [0.1, 0.15) is 30.2 Å². The Hall–Kier alpha value is -1.98. The van der Waals surface area contributed by atoms with E-state index >= 15 is 0 Å². The van der Waals surface area contributed by atoms with Gasteiger partial charge in [-0.1, -0.05) is 29.8 Å². The number of carbonyl (C=O) groups excluding carboxylic acids is 1. The maximum Gasteiger partial charge on any atom is 0.314 e. The highest BCUT2D eigenvalue weighted by atomic mass is 35.5. The van der Waals surface area contributed by atoms with Crippen LogP contribution in [0.15, 0.2) is 52.4 Å². The fraction of sp³-hybridized carbons (Fsp3) is 0.333. The number of ether oxygens (including phenoxy) is 1. The fourth-order valence-corrected chi connectivity index (χ4v) is 5.46. The van der Waals surface area contributed by atoms with Crippen molar-refractivity contribution < 1.29 is 14.6 Å². The number of thiophene rings is 1. The molecule has 0 bridgehead atoms. The van der Waals surface area contributed by atoms with E-state index < -0.39 is 23.5 Å². The molecule has 0 fully saturated rings. The van der Waals surface area contributed by atoms with Gasteiger partial charge in [0.15, 0.2) is 0 Å². The Morgan fingerprint density at radius 2 is 2.14 bits per heavy atom. The Kier molecular flexibility index (Phi) is 6.91. The summed E-state index contributed by atoms with van der Waals surface area (Å²) in [4.78, 5) is 13.6. The fourth-order valence-electron chi connectivity index (χ4n) is 3.35. The van der Waals surface area contributed by atoms with Crippen LogP contribution in [0, 0.1) is 17.2 Å². The van der Waals surface area contributed by atoms with E-state index in [-0.39, 0.29) is 6.61 Å². The highest BCUT2D eigenvalue weighted by Gasteiger charge is 2.51. The molecule has 2 aromatic rings. The van der Waals surface area contributed by atoms with Crippen molar-refractivity contribution in [1.29, 1.82) is 5.26 Å². The van der Waals surface area contributed by atoms with E-state index in [4.69, 9.17) is 16.3 Å². The lowest BCUT2D eigenvalue weighted by Crippen LogP contribution is -2.56. The monoisotopic (exact) mass is 448 g/mol. The zero-order valence-electron chi connectivity index (χ0n) is 16.0. The average Bonchev–Trinajstić information content (AvgIpc) is 3.21. The lowest BCUT2D eigenvalue weighted by molar-refractivity contribution is -0.160. The molecular weight excluding hydrogens is 428 g/mol. The van der Waals surface area contributed by atoms with Gasteiger partial charge in [0, 0.05) is 21.6 Å². The van der Waals surface area contributed by atoms with Crippen molar-refractivity contribution in [3.8, 4) is 6.07 Å². The molecule has 0 saturated carbocycles. The number of thioether (sulfide) groups is 1. The Bertz CT molecular complexity index is 934. The number of nitrogens with zero attached hydrogens (tertiary/aromatic N) is 1. The topological polar surface area (TPSA) is 82.4 Å². The van der Waals surface area contributed by atoms with Gasteiger partial charge in [-0.25, -0.2) is 0 Å². The van der Waals surface area contributed by atoms with Crippen LogP contribution >= 0.6 is 34.7 Å². The molecule has 152 valence electrons. The molecule has 0 amide bonds. The zero-order chi connectivity index (χ0) is 21.0. The number of benzene rings is 1. The van der Waals surface area contributed by atoms with Crippen molar-refractivity contribution in [2.75, 3.05) is 6.61 Å². The van der Waals surface area contributed by atoms with Crippen LogP contribution in [0.2, 0.25) is 5.02 Å². The molecule has 0 aliphatic carbocycles. The predicted octanol–water partition coefficient (Wildman–Crippen LogP) is 4.64. The Labute approximate surface area is 183 Å². The smallest absolute Gasteiger partial charge is 0.314 e. The normalized spacial score (nSPS) is 24.0. The molecule has 0 saturated heterocycles. The summed E-state index contributed by atoms with van der Waals surface area (Å²) in [6.07, 6.45) is 0. The molecule has 1 aromatic carbocycles. The summed E-state index contributed by atoms with van der Waals surface area (Å²) in [5, 5.41) is 27.2. The van der Waals surface area contributed by atoms with Crippen LogP contribution in [-0.4, -0.2) is 23.4 Å². The third-order valence-electron chi connectivity index (χ3n) is 4.67. The first kappa shape index (κ1) is 21.7. The molecule has 1 aliphatic rings. The molecule has 8 heteroatoms. The Balaban J connectivity index is 2.00. The molecule has 2 N–H and O–H groups in total. The van der Waals surface area contributed by atoms with Crippen molar-refractivity contribution in [3.63, 3.8) is 0 Å². The standard InChI is InChI=1S/C21H21ClN2O3S2/c1-3-27-20(25)18-17(16-5-4-10-28-16)15(11-23)19(24-21(18,2)26)29-12-13-6-8-14(22)9-7-13/h4-10,17-18,24,26H,3,12H2,1-2H3/t17-,18+,21+/m1/s1. The predicted molar refractivity (Wildman–Crippen MR) is 116 cm³/mol. The minimum absolute atomic E-state index is 0.201. The number of rotatable bonds is 6. The SMILES string of the molecule is CCOC(=O)[C@@H]1[C@@H](c2cccs2)C(C#N)=C(SCc2ccc(Cl)cc2)N[C@@]1(C)O. The second-order valence-electron chi connectivity index (χ2n) is 6.77. The molecule has 5 nitrogen and oxygen atoms in total. The van der Waals surface area contributed by atoms with Crippen molar-refractivity contribution >= 4 is 40.7 Å². The number of nitrogens with one attached hydrogen (secondary N) is 1. The molecule has 2 heterocycles. The number of hydrogen-bond donors (Lipinski definition) is 2. The van der Waals surface area contributed by atoms with Gasteiger partial charge in [-0.3, -0.25) is 4.79 Å². The van der Waals surface area contributed by atoms with Gasteiger partial charge in [0.05, 0.1) is 23.3 Å². The van der Waals surface area contributed by atoms with Crippen LogP contribution in [0.25, 0.3) is 0 Å². The minimum Gasteiger partial charge on any atom is -0.466 e. The highest BCUT2D eigenvalue weighted by molar-refractivity contribution is 8.02. The van der Waals surface area contributed by atoms with Crippen LogP contribution in [0.3, 0.4) is 0 Å². The van der Waals surface area contributed by atoms with Gasteiger partial charge in [-0.15, -0.1) is 23.1 Å². The molecule has 0 radical (unpaired) electrons. The molecule has 0 spiro atoms. The number of carbonyl (C=O) groups is 1. The third kappa shape index (κ3) is 4.78. The second kappa shape index (κ2) is 9.23. The van der Waals surface area contributed by atoms with Crippen molar-refractivity contribution in [2.45, 2.75) is 31.2 Å². The molecule has 3 rings (SSSR count). The molecule has 0 unspecified atom stereocenters. The minimum atomic E-state index is -1.57. The highest BCUT2D eigenvalue weighted by Crippen LogP contribution is 2.46. The average molecular weight is 449 g/mol. The van der Waals surface area contributed by atoms with Gasteiger partial charge in [0.2, 0.25) is 0 Å². The second-order valence-corrected chi connectivity index (χ2v) is 9.17. The van der Waals surface area contributed by atoms with E-state index in [0.29, 0.717) is 21.4 Å². The molecule has 3 atom stereocenters. The lowest BCUT2D eigenvalue weighted by Gasteiger charge is -2.42. The Morgan fingerprint density at radius 1 is 1.41 bits per heavy atom. The number of esters is 1. The quantitative estimate of drug-likeness (QED) is 0.626. The first-order chi connectivity index (χ1) is 13.9. The van der Waals surface area contributed by atoms with Gasteiger partial charge >= 0.3 is 5.97 Å². The number of hydrogen-bond acceptors (Lipinski definition) is 7. The largest absolute Gasteiger partial charge is 0.466 e. The number of allylic oxidation sites excluding steroid dienone is 1. The zero-order valence-corrected chi connectivity index (χ0v) is 18.4. The Morgan fingerprint density at radius 3 is 2.72 bits per heavy atom. The summed E-state index contributed by atoms with van der Waals surface area (Å²) in [6.45, 7) is 3.47. The van der Waals surface area contributed by atoms with E-state index in [0.717, 1.165) is 10.4 Å². The maximum absolute atomic E-state index is 12.7. The van der Waals surface area contributed by atoms with Gasteiger partial charge in [-0.2, -0.15) is 5.26 Å². The number of halogens is 1. The van der Waals surface area contributed by atoms with Gasteiger partial charge in [-0.05, 0) is 43.0 Å². The van der Waals surface area contributed by atoms with Gasteiger partial charge in [0.25, 0.3) is 0 Å². The summed E-state index contributed by atoms with van der Waals surface area (Å²) in [7, 11) is 0. The van der Waals surface area contributed by atoms with Crippen LogP contribution < -0.4 is 5.32 Å². The van der Waals surface area contributed by atoms with Gasteiger partial charge < -0.3 is 15.2 Å². The molecular formula is C21H21ClN2O3S2. The van der Waals surface area contributed by atoms with Crippen LogP contribution in [0.5, 0.6) is 0 Å². The van der Waals surface area contributed by atoms with Gasteiger partial charge in [0.1, 0.15) is 11.6 Å². The van der Waals surface area contributed by atoms with E-state index in [1.54, 1.807) is 13.8 Å². The molecule has 1 aromatic heterocycles. The summed E-state index contributed by atoms with van der Waals surface area (Å²) < 4.78 is 5.23. The van der Waals surface area contributed by atoms with E-state index in [1.165, 1.54) is 23.1 Å². The maximum atomic E-state index is 12.7. The van der Waals surface area contributed by atoms with E-state index in [9.17, 15) is 15.2 Å². The first-order valence-electron chi connectivity index (χ1n) is 9.09. The van der Waals surface area contributed by atoms with Crippen LogP contribution in [-0.2, 0) is 15.3 Å². The van der Waals surface area contributed by atoms with E-state index in [1.807, 2.05) is 41.8 Å². The number of aliphatic hydroxyl groups is 1. The number of nitriles is 1. The van der Waals surface area contributed by atoms with Crippen LogP contribution in [0.4, 0.5) is 0 Å². The van der Waals surface area contributed by atoms with Crippen molar-refractivity contribution in [2.24, 2.45) is 5.92 Å². The first-order valence-corrected chi connectivity index (χ1v) is 11.3. The summed E-state index contributed by atoms with van der Waals surface area (Å²) >= 11 is 8.81. The molecule has 29 heavy (non-hydrogen) atoms. The van der Waals surface area contributed by atoms with Crippen molar-refractivity contribution in [1.82, 2.24) is 5.32 Å². The summed E-state index contributed by atoms with van der Waals surface area (Å²) in [6, 6.07) is 13.5.